The molecule has 7 heteroatoms. The minimum atomic E-state index is -1.42. The van der Waals surface area contributed by atoms with Crippen LogP contribution in [-0.2, 0) is 21.3 Å². The Labute approximate surface area is 140 Å². The molecule has 1 N–H and O–H groups in total. The number of hydrogen-bond donors (Lipinski definition) is 1. The maximum atomic E-state index is 11.5. The van der Waals surface area contributed by atoms with E-state index in [1.165, 1.54) is 0 Å². The first-order chi connectivity index (χ1) is 10.4. The number of hydrogen-bond acceptors (Lipinski definition) is 3. The van der Waals surface area contributed by atoms with Gasteiger partial charge in [-0.3, -0.25) is 9.00 Å². The van der Waals surface area contributed by atoms with E-state index in [9.17, 15) is 9.00 Å². The standard InChI is InChI=1S/C15H12Cl2O4S/c16-13-6-5-12(7-14(13)17)21-11-3-1-10(2-4-11)8-22(20)9-15(18)19/h1-7H,8-9H2,(H,18,19)/t22-/m1/s1. The smallest absolute Gasteiger partial charge is 0.316 e. The second-order valence-electron chi connectivity index (χ2n) is 4.44. The Bertz CT molecular complexity index is 701. The largest absolute Gasteiger partial charge is 0.481 e. The summed E-state index contributed by atoms with van der Waals surface area (Å²) in [5.74, 6) is -0.0957. The molecule has 0 amide bonds. The number of benzene rings is 2. The zero-order chi connectivity index (χ0) is 16.1. The van der Waals surface area contributed by atoms with Gasteiger partial charge in [0.15, 0.2) is 0 Å². The van der Waals surface area contributed by atoms with Crippen molar-refractivity contribution in [3.05, 3.63) is 58.1 Å². The lowest BCUT2D eigenvalue weighted by Gasteiger charge is -2.07. The van der Waals surface area contributed by atoms with Crippen LogP contribution in [0.4, 0.5) is 0 Å². The van der Waals surface area contributed by atoms with Gasteiger partial charge in [0.25, 0.3) is 0 Å². The van der Waals surface area contributed by atoms with E-state index in [0.29, 0.717) is 21.5 Å². The number of halogens is 2. The van der Waals surface area contributed by atoms with Gasteiger partial charge in [0.1, 0.15) is 17.3 Å². The van der Waals surface area contributed by atoms with E-state index >= 15 is 0 Å². The molecule has 0 aromatic heterocycles. The molecule has 0 unspecified atom stereocenters. The van der Waals surface area contributed by atoms with Gasteiger partial charge in [0.2, 0.25) is 0 Å². The highest BCUT2D eigenvalue weighted by Crippen LogP contribution is 2.29. The highest BCUT2D eigenvalue weighted by atomic mass is 35.5. The molecule has 0 saturated heterocycles. The predicted octanol–water partition coefficient (Wildman–Crippen LogP) is 4.12. The van der Waals surface area contributed by atoms with Gasteiger partial charge >= 0.3 is 5.97 Å². The maximum Gasteiger partial charge on any atom is 0.316 e. The fraction of sp³-hybridized carbons (Fsp3) is 0.133. The summed E-state index contributed by atoms with van der Waals surface area (Å²) in [5, 5.41) is 9.43. The van der Waals surface area contributed by atoms with E-state index in [0.717, 1.165) is 5.56 Å². The summed E-state index contributed by atoms with van der Waals surface area (Å²) >= 11 is 11.7. The minimum Gasteiger partial charge on any atom is -0.481 e. The Hall–Kier alpha value is -1.56. The molecule has 22 heavy (non-hydrogen) atoms. The van der Waals surface area contributed by atoms with Crippen LogP contribution in [0.2, 0.25) is 10.0 Å². The van der Waals surface area contributed by atoms with Crippen molar-refractivity contribution in [2.45, 2.75) is 5.75 Å². The molecule has 116 valence electrons. The molecule has 2 aromatic rings. The SMILES string of the molecule is O=C(O)C[S@](=O)Cc1ccc(Oc2ccc(Cl)c(Cl)c2)cc1. The van der Waals surface area contributed by atoms with Gasteiger partial charge in [0, 0.05) is 22.6 Å². The molecular weight excluding hydrogens is 347 g/mol. The van der Waals surface area contributed by atoms with Gasteiger partial charge in [-0.25, -0.2) is 0 Å². The summed E-state index contributed by atoms with van der Waals surface area (Å²) in [6.45, 7) is 0. The van der Waals surface area contributed by atoms with E-state index < -0.39 is 16.8 Å². The molecule has 0 aliphatic rings. The van der Waals surface area contributed by atoms with E-state index in [1.807, 2.05) is 0 Å². The van der Waals surface area contributed by atoms with Crippen LogP contribution < -0.4 is 4.74 Å². The predicted molar refractivity (Wildman–Crippen MR) is 87.3 cm³/mol. The molecule has 2 rings (SSSR count). The van der Waals surface area contributed by atoms with E-state index in [4.69, 9.17) is 33.0 Å². The molecule has 0 aliphatic carbocycles. The number of carbonyl (C=O) groups is 1. The van der Waals surface area contributed by atoms with Crippen LogP contribution in [0, 0.1) is 0 Å². The third-order valence-electron chi connectivity index (χ3n) is 2.66. The third kappa shape index (κ3) is 5.02. The number of rotatable bonds is 6. The summed E-state index contributed by atoms with van der Waals surface area (Å²) in [6, 6.07) is 11.9. The van der Waals surface area contributed by atoms with Crippen molar-refractivity contribution in [1.82, 2.24) is 0 Å². The van der Waals surface area contributed by atoms with Crippen molar-refractivity contribution in [3.8, 4) is 11.5 Å². The molecule has 2 aromatic carbocycles. The lowest BCUT2D eigenvalue weighted by Crippen LogP contribution is -2.10. The van der Waals surface area contributed by atoms with Crippen LogP contribution >= 0.6 is 23.2 Å². The first-order valence-corrected chi connectivity index (χ1v) is 8.47. The third-order valence-corrected chi connectivity index (χ3v) is 4.63. The molecular formula is C15H12Cl2O4S. The highest BCUT2D eigenvalue weighted by Gasteiger charge is 2.07. The van der Waals surface area contributed by atoms with Gasteiger partial charge in [-0.05, 0) is 29.8 Å². The Morgan fingerprint density at radius 1 is 1.05 bits per heavy atom. The summed E-state index contributed by atoms with van der Waals surface area (Å²) in [6.07, 6.45) is 0. The summed E-state index contributed by atoms with van der Waals surface area (Å²) in [4.78, 5) is 10.5. The molecule has 0 bridgehead atoms. The Morgan fingerprint density at radius 3 is 2.27 bits per heavy atom. The van der Waals surface area contributed by atoms with Crippen molar-refractivity contribution >= 4 is 40.0 Å². The van der Waals surface area contributed by atoms with Crippen LogP contribution in [0.3, 0.4) is 0 Å². The number of ether oxygens (including phenoxy) is 1. The summed E-state index contributed by atoms with van der Waals surface area (Å²) in [5.41, 5.74) is 0.779. The molecule has 0 fully saturated rings. The zero-order valence-corrected chi connectivity index (χ0v) is 13.6. The maximum absolute atomic E-state index is 11.5. The quantitative estimate of drug-likeness (QED) is 0.843. The van der Waals surface area contributed by atoms with Crippen molar-refractivity contribution in [2.75, 3.05) is 5.75 Å². The molecule has 4 nitrogen and oxygen atoms in total. The summed E-state index contributed by atoms with van der Waals surface area (Å²) < 4.78 is 17.2. The van der Waals surface area contributed by atoms with E-state index in [1.54, 1.807) is 42.5 Å². The summed E-state index contributed by atoms with van der Waals surface area (Å²) in [7, 11) is -1.42. The minimum absolute atomic E-state index is 0.194. The average molecular weight is 359 g/mol. The zero-order valence-electron chi connectivity index (χ0n) is 11.3. The fourth-order valence-corrected chi connectivity index (χ4v) is 2.93. The van der Waals surface area contributed by atoms with E-state index in [-0.39, 0.29) is 11.5 Å². The highest BCUT2D eigenvalue weighted by molar-refractivity contribution is 7.84. The number of aliphatic carboxylic acids is 1. The topological polar surface area (TPSA) is 63.6 Å². The van der Waals surface area contributed by atoms with Crippen LogP contribution in [0.1, 0.15) is 5.56 Å². The molecule has 0 spiro atoms. The molecule has 0 aliphatic heterocycles. The Morgan fingerprint density at radius 2 is 1.68 bits per heavy atom. The Kier molecular flexibility index (Phi) is 5.83. The average Bonchev–Trinajstić information content (AvgIpc) is 2.44. The first-order valence-electron chi connectivity index (χ1n) is 6.22. The lowest BCUT2D eigenvalue weighted by atomic mass is 10.2. The first kappa shape index (κ1) is 16.8. The lowest BCUT2D eigenvalue weighted by molar-refractivity contribution is -0.133. The second kappa shape index (κ2) is 7.63. The molecule has 0 saturated carbocycles. The molecule has 1 atom stereocenters. The molecule has 0 radical (unpaired) electrons. The van der Waals surface area contributed by atoms with Crippen molar-refractivity contribution in [3.63, 3.8) is 0 Å². The van der Waals surface area contributed by atoms with Crippen LogP contribution in [0.5, 0.6) is 11.5 Å². The van der Waals surface area contributed by atoms with Crippen molar-refractivity contribution in [2.24, 2.45) is 0 Å². The van der Waals surface area contributed by atoms with Gasteiger partial charge in [-0.1, -0.05) is 35.3 Å². The van der Waals surface area contributed by atoms with Crippen molar-refractivity contribution in [1.29, 1.82) is 0 Å². The van der Waals surface area contributed by atoms with Gasteiger partial charge < -0.3 is 9.84 Å². The fourth-order valence-electron chi connectivity index (χ4n) is 1.70. The monoisotopic (exact) mass is 358 g/mol. The number of carboxylic acids is 1. The molecule has 0 heterocycles. The van der Waals surface area contributed by atoms with Gasteiger partial charge in [-0.2, -0.15) is 0 Å². The van der Waals surface area contributed by atoms with Crippen LogP contribution in [0.15, 0.2) is 42.5 Å². The van der Waals surface area contributed by atoms with Crippen molar-refractivity contribution < 1.29 is 18.8 Å². The van der Waals surface area contributed by atoms with Gasteiger partial charge in [-0.15, -0.1) is 0 Å². The van der Waals surface area contributed by atoms with Crippen LogP contribution in [-0.4, -0.2) is 21.0 Å². The second-order valence-corrected chi connectivity index (χ2v) is 6.72. The number of carboxylic acid groups (broad SMARTS) is 1. The van der Waals surface area contributed by atoms with Crippen LogP contribution in [0.25, 0.3) is 0 Å². The van der Waals surface area contributed by atoms with E-state index in [2.05, 4.69) is 0 Å². The normalized spacial score (nSPS) is 11.9. The van der Waals surface area contributed by atoms with Gasteiger partial charge in [0.05, 0.1) is 10.0 Å². The Balaban J connectivity index is 2.01.